The third kappa shape index (κ3) is 3.37. The van der Waals surface area contributed by atoms with Crippen molar-refractivity contribution in [2.24, 2.45) is 0 Å². The topological polar surface area (TPSA) is 102 Å². The maximum absolute atomic E-state index is 12.8. The fourth-order valence-electron chi connectivity index (χ4n) is 2.99. The van der Waals surface area contributed by atoms with E-state index in [-0.39, 0.29) is 23.8 Å². The van der Waals surface area contributed by atoms with E-state index < -0.39 is 11.9 Å². The normalized spacial score (nSPS) is 12.3. The number of nitrogens with one attached hydrogen (secondary N) is 1. The first-order chi connectivity index (χ1) is 13.3. The number of esters is 1. The Hall–Kier alpha value is -3.87. The molecule has 1 aliphatic rings. The summed E-state index contributed by atoms with van der Waals surface area (Å²) < 4.78 is 4.49. The molecule has 3 N–H and O–H groups in total. The zero-order valence-corrected chi connectivity index (χ0v) is 15.3. The molecule has 0 bridgehead atoms. The molecule has 0 atom stereocenters. The molecule has 0 unspecified atom stereocenters. The van der Waals surface area contributed by atoms with Crippen LogP contribution in [0.2, 0.25) is 0 Å². The predicted molar refractivity (Wildman–Crippen MR) is 105 cm³/mol. The van der Waals surface area contributed by atoms with E-state index in [1.807, 2.05) is 18.2 Å². The fraction of sp³-hybridized carbons (Fsp3) is 0.0952. The number of fused-ring (bicyclic) bond motifs is 1. The Bertz CT molecular complexity index is 1010. The molecule has 1 aliphatic heterocycles. The fourth-order valence-corrected chi connectivity index (χ4v) is 2.99. The molecule has 28 heavy (non-hydrogen) atoms. The van der Waals surface area contributed by atoms with Crippen molar-refractivity contribution >= 4 is 23.5 Å². The van der Waals surface area contributed by atoms with E-state index in [4.69, 9.17) is 5.73 Å². The first-order valence-corrected chi connectivity index (χ1v) is 8.40. The van der Waals surface area contributed by atoms with Gasteiger partial charge in [0.1, 0.15) is 11.4 Å². The van der Waals surface area contributed by atoms with Gasteiger partial charge in [-0.2, -0.15) is 0 Å². The van der Waals surface area contributed by atoms with Crippen LogP contribution in [0.3, 0.4) is 0 Å². The molecule has 2 amide bonds. The summed E-state index contributed by atoms with van der Waals surface area (Å²) in [6, 6.07) is 12.7. The van der Waals surface area contributed by atoms with Crippen LogP contribution < -0.4 is 11.1 Å². The number of rotatable bonds is 5. The van der Waals surface area contributed by atoms with Crippen molar-refractivity contribution < 1.29 is 19.1 Å². The zero-order valence-electron chi connectivity index (χ0n) is 15.3. The summed E-state index contributed by atoms with van der Waals surface area (Å²) in [5, 5.41) is 2.29. The largest absolute Gasteiger partial charge is 0.464 e. The van der Waals surface area contributed by atoms with Crippen LogP contribution in [-0.2, 0) is 20.9 Å². The number of hydrogen-bond acceptors (Lipinski definition) is 5. The Morgan fingerprint density at radius 1 is 1.11 bits per heavy atom. The summed E-state index contributed by atoms with van der Waals surface area (Å²) in [4.78, 5) is 37.8. The molecule has 7 heteroatoms. The van der Waals surface area contributed by atoms with Gasteiger partial charge in [-0.1, -0.05) is 37.4 Å². The van der Waals surface area contributed by atoms with Crippen LogP contribution in [0, 0.1) is 0 Å². The van der Waals surface area contributed by atoms with Gasteiger partial charge in [-0.05, 0) is 34.9 Å². The minimum absolute atomic E-state index is 0.0884. The van der Waals surface area contributed by atoms with Gasteiger partial charge < -0.3 is 15.8 Å². The van der Waals surface area contributed by atoms with Gasteiger partial charge in [0.25, 0.3) is 11.8 Å². The monoisotopic (exact) mass is 377 g/mol. The Morgan fingerprint density at radius 3 is 2.39 bits per heavy atom. The maximum Gasteiger partial charge on any atom is 0.353 e. The molecule has 1 heterocycles. The number of ether oxygens (including phenoxy) is 1. The number of amides is 2. The van der Waals surface area contributed by atoms with Crippen LogP contribution >= 0.6 is 0 Å². The summed E-state index contributed by atoms with van der Waals surface area (Å²) >= 11 is 0. The number of carbonyl (C=O) groups excluding carboxylic acids is 3. The highest BCUT2D eigenvalue weighted by molar-refractivity contribution is 6.07. The number of nitrogens with two attached hydrogens (primary N) is 1. The van der Waals surface area contributed by atoms with Gasteiger partial charge in [-0.25, -0.2) is 4.79 Å². The van der Waals surface area contributed by atoms with Crippen molar-refractivity contribution in [2.75, 3.05) is 12.8 Å². The molecule has 7 nitrogen and oxygen atoms in total. The van der Waals surface area contributed by atoms with E-state index in [1.165, 1.54) is 12.0 Å². The highest BCUT2D eigenvalue weighted by atomic mass is 16.5. The number of nitrogens with zero attached hydrogens (tertiary/aromatic N) is 1. The second-order valence-corrected chi connectivity index (χ2v) is 6.22. The molecule has 0 saturated carbocycles. The lowest BCUT2D eigenvalue weighted by molar-refractivity contribution is -0.137. The predicted octanol–water partition coefficient (Wildman–Crippen LogP) is 2.21. The third-order valence-corrected chi connectivity index (χ3v) is 4.47. The minimum atomic E-state index is -0.775. The molecule has 0 spiro atoms. The molecule has 0 radical (unpaired) electrons. The highest BCUT2D eigenvalue weighted by Crippen LogP contribution is 2.34. The smallest absolute Gasteiger partial charge is 0.353 e. The summed E-state index contributed by atoms with van der Waals surface area (Å²) in [6.45, 7) is 7.32. The van der Waals surface area contributed by atoms with E-state index in [0.717, 1.165) is 16.7 Å². The van der Waals surface area contributed by atoms with Gasteiger partial charge in [0.2, 0.25) is 0 Å². The molecule has 142 valence electrons. The molecular weight excluding hydrogens is 358 g/mol. The van der Waals surface area contributed by atoms with Crippen LogP contribution in [-0.4, -0.2) is 29.8 Å². The summed E-state index contributed by atoms with van der Waals surface area (Å²) in [6.07, 6.45) is 0. The lowest BCUT2D eigenvalue weighted by Crippen LogP contribution is -2.36. The Kier molecular flexibility index (Phi) is 5.00. The van der Waals surface area contributed by atoms with Gasteiger partial charge >= 0.3 is 5.97 Å². The number of carbonyl (C=O) groups is 3. The van der Waals surface area contributed by atoms with Crippen molar-refractivity contribution in [3.63, 3.8) is 0 Å². The van der Waals surface area contributed by atoms with Crippen LogP contribution in [0.5, 0.6) is 0 Å². The highest BCUT2D eigenvalue weighted by Gasteiger charge is 2.33. The lowest BCUT2D eigenvalue weighted by atomic mass is 9.97. The molecule has 2 aromatic carbocycles. The molecule has 2 aromatic rings. The van der Waals surface area contributed by atoms with Crippen molar-refractivity contribution in [1.29, 1.82) is 0 Å². The Morgan fingerprint density at radius 2 is 1.75 bits per heavy atom. The average Bonchev–Trinajstić information content (AvgIpc) is 3.04. The number of anilines is 1. The van der Waals surface area contributed by atoms with E-state index in [0.29, 0.717) is 11.3 Å². The summed E-state index contributed by atoms with van der Waals surface area (Å²) in [7, 11) is 1.17. The van der Waals surface area contributed by atoms with Gasteiger partial charge in [0, 0.05) is 11.3 Å². The van der Waals surface area contributed by atoms with Gasteiger partial charge in [-0.3, -0.25) is 14.5 Å². The van der Waals surface area contributed by atoms with Crippen molar-refractivity contribution in [3.05, 3.63) is 78.1 Å². The van der Waals surface area contributed by atoms with Crippen molar-refractivity contribution in [3.8, 4) is 11.1 Å². The minimum Gasteiger partial charge on any atom is -0.464 e. The standard InChI is InChI=1S/C21H19N3O4/c1-12(21(27)28-3)23-19(25)13(2)24-11-18-16(5-4-6-17(18)20(24)26)14-7-9-15(22)10-8-14/h4-10H,1-2,11,22H2,3H3,(H,23,25). The molecule has 0 fully saturated rings. The maximum atomic E-state index is 12.8. The quantitative estimate of drug-likeness (QED) is 0.473. The van der Waals surface area contributed by atoms with Gasteiger partial charge in [0.15, 0.2) is 0 Å². The molecule has 3 rings (SSSR count). The van der Waals surface area contributed by atoms with Crippen LogP contribution in [0.4, 0.5) is 5.69 Å². The first-order valence-electron chi connectivity index (χ1n) is 8.40. The molecule has 0 aliphatic carbocycles. The number of methoxy groups -OCH3 is 1. The molecule has 0 aromatic heterocycles. The van der Waals surface area contributed by atoms with Gasteiger partial charge in [-0.15, -0.1) is 0 Å². The third-order valence-electron chi connectivity index (χ3n) is 4.47. The summed E-state index contributed by atoms with van der Waals surface area (Å²) in [5.41, 5.74) is 9.14. The number of benzene rings is 2. The Balaban J connectivity index is 1.85. The molecule has 0 saturated heterocycles. The average molecular weight is 377 g/mol. The number of nitrogen functional groups attached to an aromatic ring is 1. The SMILES string of the molecule is C=C(NC(=O)C(=C)N1Cc2c(cccc2-c2ccc(N)cc2)C1=O)C(=O)OC. The first kappa shape index (κ1) is 18.9. The Labute approximate surface area is 162 Å². The van der Waals surface area contributed by atoms with E-state index >= 15 is 0 Å². The second kappa shape index (κ2) is 7.40. The van der Waals surface area contributed by atoms with E-state index in [2.05, 4.69) is 23.2 Å². The van der Waals surface area contributed by atoms with Crippen LogP contribution in [0.25, 0.3) is 11.1 Å². The van der Waals surface area contributed by atoms with Crippen molar-refractivity contribution in [1.82, 2.24) is 10.2 Å². The summed E-state index contributed by atoms with van der Waals surface area (Å²) in [5.74, 6) is -1.82. The van der Waals surface area contributed by atoms with Gasteiger partial charge in [0.05, 0.1) is 13.7 Å². The van der Waals surface area contributed by atoms with E-state index in [9.17, 15) is 14.4 Å². The molecular formula is C21H19N3O4. The second-order valence-electron chi connectivity index (χ2n) is 6.22. The number of hydrogen-bond donors (Lipinski definition) is 2. The van der Waals surface area contributed by atoms with Crippen LogP contribution in [0.15, 0.2) is 67.0 Å². The zero-order chi connectivity index (χ0) is 20.4. The van der Waals surface area contributed by atoms with Crippen molar-refractivity contribution in [2.45, 2.75) is 6.54 Å². The lowest BCUT2D eigenvalue weighted by Gasteiger charge is -2.18. The van der Waals surface area contributed by atoms with Crippen LogP contribution in [0.1, 0.15) is 15.9 Å². The van der Waals surface area contributed by atoms with E-state index in [1.54, 1.807) is 24.3 Å².